The van der Waals surface area contributed by atoms with Crippen molar-refractivity contribution in [3.63, 3.8) is 0 Å². The first-order valence-electron chi connectivity index (χ1n) is 5.77. The Labute approximate surface area is 99.6 Å². The molecule has 0 heterocycles. The molecule has 1 rings (SSSR count). The van der Waals surface area contributed by atoms with Crippen LogP contribution in [0.1, 0.15) is 43.7 Å². The maximum absolute atomic E-state index is 13.7. The van der Waals surface area contributed by atoms with Gasteiger partial charge in [0.05, 0.1) is 12.2 Å². The van der Waals surface area contributed by atoms with Crippen LogP contribution in [0.4, 0.5) is 13.2 Å². The Morgan fingerprint density at radius 3 is 2.53 bits per heavy atom. The third-order valence-corrected chi connectivity index (χ3v) is 2.59. The van der Waals surface area contributed by atoms with Crippen LogP contribution in [-0.4, -0.2) is 6.61 Å². The van der Waals surface area contributed by atoms with Crippen LogP contribution in [0.3, 0.4) is 0 Å². The van der Waals surface area contributed by atoms with Gasteiger partial charge in [0.15, 0.2) is 11.6 Å². The minimum Gasteiger partial charge on any atom is -0.491 e. The zero-order valence-electron chi connectivity index (χ0n) is 10.1. The number of ether oxygens (including phenoxy) is 1. The fourth-order valence-corrected chi connectivity index (χ4v) is 1.58. The molecule has 0 aliphatic carbocycles. The largest absolute Gasteiger partial charge is 0.491 e. The van der Waals surface area contributed by atoms with Crippen LogP contribution in [0, 0.1) is 12.7 Å². The molecule has 0 aromatic heterocycles. The lowest BCUT2D eigenvalue weighted by atomic mass is 10.1. The lowest BCUT2D eigenvalue weighted by Gasteiger charge is -2.12. The monoisotopic (exact) mass is 246 g/mol. The van der Waals surface area contributed by atoms with E-state index in [1.54, 1.807) is 0 Å². The summed E-state index contributed by atoms with van der Waals surface area (Å²) in [5.41, 5.74) is -0.309. The van der Waals surface area contributed by atoms with Gasteiger partial charge in [-0.15, -0.1) is 0 Å². The first-order chi connectivity index (χ1) is 8.07. The zero-order chi connectivity index (χ0) is 12.8. The minimum absolute atomic E-state index is 0.0815. The molecular weight excluding hydrogens is 229 g/mol. The maximum Gasteiger partial charge on any atom is 0.267 e. The van der Waals surface area contributed by atoms with E-state index in [2.05, 4.69) is 0 Å². The second-order valence-corrected chi connectivity index (χ2v) is 3.96. The lowest BCUT2D eigenvalue weighted by Crippen LogP contribution is -2.03. The van der Waals surface area contributed by atoms with E-state index in [0.717, 1.165) is 19.3 Å². The van der Waals surface area contributed by atoms with Crippen molar-refractivity contribution in [2.45, 2.75) is 39.5 Å². The van der Waals surface area contributed by atoms with Crippen molar-refractivity contribution >= 4 is 0 Å². The predicted molar refractivity (Wildman–Crippen MR) is 61.1 cm³/mol. The van der Waals surface area contributed by atoms with E-state index in [-0.39, 0.29) is 11.3 Å². The SMILES string of the molecule is CCCCCOc1ccc(C)c(C(F)F)c1F. The summed E-state index contributed by atoms with van der Waals surface area (Å²) in [6, 6.07) is 2.86. The third kappa shape index (κ3) is 3.65. The van der Waals surface area contributed by atoms with Crippen molar-refractivity contribution in [3.8, 4) is 5.75 Å². The summed E-state index contributed by atoms with van der Waals surface area (Å²) < 4.78 is 44.1. The number of hydrogen-bond donors (Lipinski definition) is 0. The van der Waals surface area contributed by atoms with Gasteiger partial charge in [-0.05, 0) is 25.0 Å². The lowest BCUT2D eigenvalue weighted by molar-refractivity contribution is 0.144. The average molecular weight is 246 g/mol. The Hall–Kier alpha value is -1.19. The number of benzene rings is 1. The molecule has 0 bridgehead atoms. The number of aryl methyl sites for hydroxylation is 1. The molecule has 0 aliphatic rings. The second-order valence-electron chi connectivity index (χ2n) is 3.96. The van der Waals surface area contributed by atoms with Gasteiger partial charge in [-0.1, -0.05) is 25.8 Å². The highest BCUT2D eigenvalue weighted by atomic mass is 19.3. The number of unbranched alkanes of at least 4 members (excludes halogenated alkanes) is 2. The van der Waals surface area contributed by atoms with Gasteiger partial charge in [0.25, 0.3) is 6.43 Å². The fourth-order valence-electron chi connectivity index (χ4n) is 1.58. The smallest absolute Gasteiger partial charge is 0.267 e. The van der Waals surface area contributed by atoms with Crippen LogP contribution in [-0.2, 0) is 0 Å². The summed E-state index contributed by atoms with van der Waals surface area (Å²) >= 11 is 0. The van der Waals surface area contributed by atoms with Gasteiger partial charge < -0.3 is 4.74 Å². The molecule has 0 aliphatic heterocycles. The highest BCUT2D eigenvalue weighted by Gasteiger charge is 2.19. The fraction of sp³-hybridized carbons (Fsp3) is 0.538. The van der Waals surface area contributed by atoms with Crippen LogP contribution >= 0.6 is 0 Å². The van der Waals surface area contributed by atoms with E-state index < -0.39 is 17.8 Å². The van der Waals surface area contributed by atoms with Crippen molar-refractivity contribution in [3.05, 3.63) is 29.1 Å². The molecule has 0 radical (unpaired) electrons. The molecule has 1 nitrogen and oxygen atoms in total. The molecule has 1 aromatic rings. The molecule has 1 aromatic carbocycles. The number of hydrogen-bond acceptors (Lipinski definition) is 1. The molecule has 0 N–H and O–H groups in total. The quantitative estimate of drug-likeness (QED) is 0.664. The number of halogens is 3. The zero-order valence-corrected chi connectivity index (χ0v) is 10.1. The van der Waals surface area contributed by atoms with Crippen molar-refractivity contribution in [1.82, 2.24) is 0 Å². The molecule has 0 saturated carbocycles. The Bertz CT molecular complexity index is 364. The van der Waals surface area contributed by atoms with Crippen molar-refractivity contribution < 1.29 is 17.9 Å². The van der Waals surface area contributed by atoms with Gasteiger partial charge in [0.2, 0.25) is 0 Å². The van der Waals surface area contributed by atoms with E-state index in [4.69, 9.17) is 4.74 Å². The molecule has 0 spiro atoms. The van der Waals surface area contributed by atoms with E-state index in [9.17, 15) is 13.2 Å². The second kappa shape index (κ2) is 6.52. The van der Waals surface area contributed by atoms with Gasteiger partial charge in [-0.2, -0.15) is 0 Å². The van der Waals surface area contributed by atoms with Gasteiger partial charge in [0, 0.05) is 0 Å². The van der Waals surface area contributed by atoms with Crippen molar-refractivity contribution in [1.29, 1.82) is 0 Å². The van der Waals surface area contributed by atoms with E-state index in [0.29, 0.717) is 6.61 Å². The highest BCUT2D eigenvalue weighted by molar-refractivity contribution is 5.37. The summed E-state index contributed by atoms with van der Waals surface area (Å²) in [4.78, 5) is 0. The molecular formula is C13H17F3O. The molecule has 96 valence electrons. The maximum atomic E-state index is 13.7. The molecule has 0 unspecified atom stereocenters. The molecule has 0 amide bonds. The number of rotatable bonds is 6. The Morgan fingerprint density at radius 2 is 1.94 bits per heavy atom. The first-order valence-corrected chi connectivity index (χ1v) is 5.77. The van der Waals surface area contributed by atoms with E-state index in [1.165, 1.54) is 19.1 Å². The predicted octanol–water partition coefficient (Wildman–Crippen LogP) is 4.64. The summed E-state index contributed by atoms with van der Waals surface area (Å²) in [5, 5.41) is 0. The van der Waals surface area contributed by atoms with Gasteiger partial charge in [-0.25, -0.2) is 13.2 Å². The minimum atomic E-state index is -2.81. The van der Waals surface area contributed by atoms with Crippen molar-refractivity contribution in [2.75, 3.05) is 6.61 Å². The number of alkyl halides is 2. The summed E-state index contributed by atoms with van der Waals surface area (Å²) in [7, 11) is 0. The Morgan fingerprint density at radius 1 is 1.24 bits per heavy atom. The normalized spacial score (nSPS) is 10.9. The van der Waals surface area contributed by atoms with E-state index in [1.807, 2.05) is 6.92 Å². The molecule has 0 atom stereocenters. The molecule has 0 saturated heterocycles. The molecule has 0 fully saturated rings. The first kappa shape index (κ1) is 13.9. The van der Waals surface area contributed by atoms with Gasteiger partial charge in [-0.3, -0.25) is 0 Å². The molecule has 17 heavy (non-hydrogen) atoms. The summed E-state index contributed by atoms with van der Waals surface area (Å²) in [5.74, 6) is -1.02. The van der Waals surface area contributed by atoms with Crippen LogP contribution in [0.5, 0.6) is 5.75 Å². The third-order valence-electron chi connectivity index (χ3n) is 2.59. The summed E-state index contributed by atoms with van der Waals surface area (Å²) in [6.45, 7) is 3.86. The van der Waals surface area contributed by atoms with Gasteiger partial charge >= 0.3 is 0 Å². The average Bonchev–Trinajstić information content (AvgIpc) is 2.26. The topological polar surface area (TPSA) is 9.23 Å². The van der Waals surface area contributed by atoms with Crippen LogP contribution in [0.15, 0.2) is 12.1 Å². The van der Waals surface area contributed by atoms with E-state index >= 15 is 0 Å². The van der Waals surface area contributed by atoms with Crippen molar-refractivity contribution in [2.24, 2.45) is 0 Å². The van der Waals surface area contributed by atoms with Crippen LogP contribution in [0.2, 0.25) is 0 Å². The van der Waals surface area contributed by atoms with Gasteiger partial charge in [0.1, 0.15) is 0 Å². The Kier molecular flexibility index (Phi) is 5.32. The Balaban J connectivity index is 2.76. The van der Waals surface area contributed by atoms with Crippen LogP contribution < -0.4 is 4.74 Å². The standard InChI is InChI=1S/C13H17F3O/c1-3-4-5-8-17-10-7-6-9(2)11(12(10)14)13(15)16/h6-7,13H,3-5,8H2,1-2H3. The summed E-state index contributed by atoms with van der Waals surface area (Å²) in [6.07, 6.45) is -0.000381. The van der Waals surface area contributed by atoms with Crippen LogP contribution in [0.25, 0.3) is 0 Å². The highest BCUT2D eigenvalue weighted by Crippen LogP contribution is 2.31. The molecule has 4 heteroatoms.